The molecule has 0 radical (unpaired) electrons. The first-order valence-electron chi connectivity index (χ1n) is 6.22. The highest BCUT2D eigenvalue weighted by atomic mass is 32.1. The van der Waals surface area contributed by atoms with E-state index in [4.69, 9.17) is 0 Å². The van der Waals surface area contributed by atoms with Crippen molar-refractivity contribution in [1.29, 1.82) is 0 Å². The largest absolute Gasteiger partial charge is 0.308 e. The molecule has 3 aromatic rings. The van der Waals surface area contributed by atoms with Crippen LogP contribution in [0.15, 0.2) is 41.9 Å². The minimum atomic E-state index is 0.109. The Morgan fingerprint density at radius 3 is 2.84 bits per heavy atom. The van der Waals surface area contributed by atoms with Crippen LogP contribution < -0.4 is 5.32 Å². The second kappa shape index (κ2) is 5.07. The van der Waals surface area contributed by atoms with Crippen LogP contribution in [-0.2, 0) is 0 Å². The Morgan fingerprint density at radius 2 is 2.11 bits per heavy atom. The molecule has 0 saturated carbocycles. The van der Waals surface area contributed by atoms with E-state index in [9.17, 15) is 0 Å². The van der Waals surface area contributed by atoms with Crippen LogP contribution in [0.4, 0.5) is 0 Å². The molecular formula is C15H15N3S. The van der Waals surface area contributed by atoms with Crippen LogP contribution in [0, 0.1) is 6.92 Å². The van der Waals surface area contributed by atoms with Crippen LogP contribution in [0.5, 0.6) is 0 Å². The monoisotopic (exact) mass is 269 g/mol. The van der Waals surface area contributed by atoms with E-state index in [-0.39, 0.29) is 6.04 Å². The SMILES string of the molecule is CNC(c1csc(C)n1)c1cccc2ncccc12. The summed E-state index contributed by atoms with van der Waals surface area (Å²) < 4.78 is 0. The zero-order chi connectivity index (χ0) is 13.2. The van der Waals surface area contributed by atoms with Gasteiger partial charge in [-0.05, 0) is 31.7 Å². The highest BCUT2D eigenvalue weighted by molar-refractivity contribution is 7.09. The van der Waals surface area contributed by atoms with Gasteiger partial charge in [0.15, 0.2) is 0 Å². The van der Waals surface area contributed by atoms with Crippen LogP contribution in [0.1, 0.15) is 22.3 Å². The fraction of sp³-hybridized carbons (Fsp3) is 0.200. The third-order valence-electron chi connectivity index (χ3n) is 3.21. The predicted molar refractivity (Wildman–Crippen MR) is 79.5 cm³/mol. The fourth-order valence-electron chi connectivity index (χ4n) is 2.35. The Morgan fingerprint density at radius 1 is 1.21 bits per heavy atom. The number of nitrogens with zero attached hydrogens (tertiary/aromatic N) is 2. The second-order valence-corrected chi connectivity index (χ2v) is 5.49. The average molecular weight is 269 g/mol. The smallest absolute Gasteiger partial charge is 0.0898 e. The van der Waals surface area contributed by atoms with Crippen molar-refractivity contribution < 1.29 is 0 Å². The summed E-state index contributed by atoms with van der Waals surface area (Å²) in [6, 6.07) is 10.4. The number of benzene rings is 1. The van der Waals surface area contributed by atoms with Gasteiger partial charge >= 0.3 is 0 Å². The minimum absolute atomic E-state index is 0.109. The standard InChI is InChI=1S/C15H15N3S/c1-10-18-14(9-19-10)15(16-2)12-5-3-7-13-11(12)6-4-8-17-13/h3-9,15-16H,1-2H3. The van der Waals surface area contributed by atoms with Crippen LogP contribution in [0.3, 0.4) is 0 Å². The molecule has 1 aromatic carbocycles. The first kappa shape index (κ1) is 12.3. The van der Waals surface area contributed by atoms with Crippen molar-refractivity contribution in [1.82, 2.24) is 15.3 Å². The van der Waals surface area contributed by atoms with Crippen molar-refractivity contribution in [3.8, 4) is 0 Å². The highest BCUT2D eigenvalue weighted by Gasteiger charge is 2.17. The summed E-state index contributed by atoms with van der Waals surface area (Å²) in [6.07, 6.45) is 1.83. The molecule has 0 bridgehead atoms. The molecule has 0 spiro atoms. The molecule has 19 heavy (non-hydrogen) atoms. The second-order valence-electron chi connectivity index (χ2n) is 4.43. The average Bonchev–Trinajstić information content (AvgIpc) is 2.86. The summed E-state index contributed by atoms with van der Waals surface area (Å²) in [5.41, 5.74) is 3.31. The lowest BCUT2D eigenvalue weighted by molar-refractivity contribution is 0.678. The molecule has 1 atom stereocenters. The van der Waals surface area contributed by atoms with E-state index in [1.165, 1.54) is 10.9 Å². The first-order chi connectivity index (χ1) is 9.29. The van der Waals surface area contributed by atoms with Crippen LogP contribution in [0.2, 0.25) is 0 Å². The number of aryl methyl sites for hydroxylation is 1. The van der Waals surface area contributed by atoms with Gasteiger partial charge in [0.1, 0.15) is 0 Å². The molecule has 0 aliphatic rings. The van der Waals surface area contributed by atoms with Crippen LogP contribution >= 0.6 is 11.3 Å². The topological polar surface area (TPSA) is 37.8 Å². The van der Waals surface area contributed by atoms with Gasteiger partial charge in [-0.15, -0.1) is 11.3 Å². The molecule has 0 aliphatic carbocycles. The summed E-state index contributed by atoms with van der Waals surface area (Å²) in [5.74, 6) is 0. The molecule has 3 rings (SSSR count). The molecule has 0 fully saturated rings. The number of aromatic nitrogens is 2. The Balaban J connectivity index is 2.16. The van der Waals surface area contributed by atoms with Crippen molar-refractivity contribution in [2.75, 3.05) is 7.05 Å². The Hall–Kier alpha value is -1.78. The van der Waals surface area contributed by atoms with Gasteiger partial charge in [-0.25, -0.2) is 4.98 Å². The lowest BCUT2D eigenvalue weighted by Crippen LogP contribution is -2.18. The van der Waals surface area contributed by atoms with Gasteiger partial charge in [0, 0.05) is 17.0 Å². The molecule has 1 unspecified atom stereocenters. The molecule has 0 amide bonds. The molecule has 2 aromatic heterocycles. The molecule has 0 aliphatic heterocycles. The normalized spacial score (nSPS) is 12.7. The zero-order valence-corrected chi connectivity index (χ0v) is 11.7. The maximum atomic E-state index is 4.60. The maximum absolute atomic E-state index is 4.60. The summed E-state index contributed by atoms with van der Waals surface area (Å²) in [5, 5.41) is 7.74. The maximum Gasteiger partial charge on any atom is 0.0898 e. The molecule has 4 heteroatoms. The minimum Gasteiger partial charge on any atom is -0.308 e. The first-order valence-corrected chi connectivity index (χ1v) is 7.10. The predicted octanol–water partition coefficient (Wildman–Crippen LogP) is 3.31. The third kappa shape index (κ3) is 2.25. The molecule has 2 heterocycles. The molecular weight excluding hydrogens is 254 g/mol. The lowest BCUT2D eigenvalue weighted by atomic mass is 9.99. The number of fused-ring (bicyclic) bond motifs is 1. The number of thiazole rings is 1. The van der Waals surface area contributed by atoms with Crippen molar-refractivity contribution >= 4 is 22.2 Å². The summed E-state index contributed by atoms with van der Waals surface area (Å²) in [7, 11) is 1.97. The van der Waals surface area contributed by atoms with Gasteiger partial charge in [0.25, 0.3) is 0 Å². The zero-order valence-electron chi connectivity index (χ0n) is 10.9. The van der Waals surface area contributed by atoms with Crippen molar-refractivity contribution in [3.05, 3.63) is 58.2 Å². The van der Waals surface area contributed by atoms with E-state index in [1.54, 1.807) is 11.3 Å². The van der Waals surface area contributed by atoms with Gasteiger partial charge < -0.3 is 5.32 Å². The number of hydrogen-bond acceptors (Lipinski definition) is 4. The Bertz CT molecular complexity index is 700. The lowest BCUT2D eigenvalue weighted by Gasteiger charge is -2.16. The quantitative estimate of drug-likeness (QED) is 0.792. The molecule has 3 nitrogen and oxygen atoms in total. The van der Waals surface area contributed by atoms with Crippen LogP contribution in [-0.4, -0.2) is 17.0 Å². The molecule has 96 valence electrons. The Kier molecular flexibility index (Phi) is 3.27. The van der Waals surface area contributed by atoms with E-state index >= 15 is 0 Å². The van der Waals surface area contributed by atoms with Gasteiger partial charge in [0.05, 0.1) is 22.3 Å². The number of hydrogen-bond donors (Lipinski definition) is 1. The molecule has 0 saturated heterocycles. The summed E-state index contributed by atoms with van der Waals surface area (Å²) in [4.78, 5) is 9.01. The number of nitrogens with one attached hydrogen (secondary N) is 1. The van der Waals surface area contributed by atoms with Crippen molar-refractivity contribution in [3.63, 3.8) is 0 Å². The van der Waals surface area contributed by atoms with E-state index in [1.807, 2.05) is 38.4 Å². The van der Waals surface area contributed by atoms with E-state index < -0.39 is 0 Å². The van der Waals surface area contributed by atoms with Gasteiger partial charge in [-0.3, -0.25) is 4.98 Å². The van der Waals surface area contributed by atoms with Crippen molar-refractivity contribution in [2.24, 2.45) is 0 Å². The Labute approximate surface area is 116 Å². The highest BCUT2D eigenvalue weighted by Crippen LogP contribution is 2.28. The van der Waals surface area contributed by atoms with Gasteiger partial charge in [0.2, 0.25) is 0 Å². The van der Waals surface area contributed by atoms with Crippen molar-refractivity contribution in [2.45, 2.75) is 13.0 Å². The van der Waals surface area contributed by atoms with E-state index in [0.29, 0.717) is 0 Å². The number of rotatable bonds is 3. The van der Waals surface area contributed by atoms with E-state index in [0.717, 1.165) is 16.2 Å². The fourth-order valence-corrected chi connectivity index (χ4v) is 2.99. The summed E-state index contributed by atoms with van der Waals surface area (Å²) in [6.45, 7) is 2.03. The van der Waals surface area contributed by atoms with E-state index in [2.05, 4.69) is 32.8 Å². The van der Waals surface area contributed by atoms with Crippen LogP contribution in [0.25, 0.3) is 10.9 Å². The molecule has 1 N–H and O–H groups in total. The third-order valence-corrected chi connectivity index (χ3v) is 4.00. The van der Waals surface area contributed by atoms with Gasteiger partial charge in [-0.2, -0.15) is 0 Å². The number of pyridine rings is 1. The van der Waals surface area contributed by atoms with Gasteiger partial charge in [-0.1, -0.05) is 18.2 Å². The summed E-state index contributed by atoms with van der Waals surface area (Å²) >= 11 is 1.68.